The van der Waals surface area contributed by atoms with E-state index in [0.717, 1.165) is 13.0 Å². The first-order valence-electron chi connectivity index (χ1n) is 4.99. The first kappa shape index (κ1) is 10.6. The molecule has 0 aromatic carbocycles. The predicted octanol–water partition coefficient (Wildman–Crippen LogP) is 2.30. The van der Waals surface area contributed by atoms with Gasteiger partial charge in [0.1, 0.15) is 0 Å². The number of nitrogens with two attached hydrogens (primary N) is 1. The fourth-order valence-electron chi connectivity index (χ4n) is 1.51. The average molecular weight is 183 g/mol. The van der Waals surface area contributed by atoms with Gasteiger partial charge >= 0.3 is 0 Å². The molecule has 13 heavy (non-hydrogen) atoms. The first-order chi connectivity index (χ1) is 5.93. The maximum absolute atomic E-state index is 6.16. The molecule has 0 saturated carbocycles. The molecule has 0 aromatic rings. The van der Waals surface area contributed by atoms with Crippen molar-refractivity contribution >= 4 is 0 Å². The Morgan fingerprint density at radius 1 is 1.46 bits per heavy atom. The number of rotatable bonds is 2. The molecule has 1 aliphatic rings. The summed E-state index contributed by atoms with van der Waals surface area (Å²) >= 11 is 0. The highest BCUT2D eigenvalue weighted by Crippen LogP contribution is 2.31. The number of ether oxygens (including phenoxy) is 1. The van der Waals surface area contributed by atoms with Gasteiger partial charge in [-0.1, -0.05) is 27.7 Å². The van der Waals surface area contributed by atoms with Gasteiger partial charge in [-0.05, 0) is 16.9 Å². The molecule has 76 valence electrons. The van der Waals surface area contributed by atoms with Crippen LogP contribution in [0.25, 0.3) is 0 Å². The molecule has 2 nitrogen and oxygen atoms in total. The maximum atomic E-state index is 6.16. The van der Waals surface area contributed by atoms with Crippen molar-refractivity contribution in [1.29, 1.82) is 0 Å². The van der Waals surface area contributed by atoms with E-state index in [1.54, 1.807) is 0 Å². The van der Waals surface area contributed by atoms with E-state index in [0.29, 0.717) is 5.92 Å². The molecule has 2 unspecified atom stereocenters. The van der Waals surface area contributed by atoms with Crippen molar-refractivity contribution in [2.75, 3.05) is 6.61 Å². The van der Waals surface area contributed by atoms with Crippen LogP contribution in [0.1, 0.15) is 34.1 Å². The fourth-order valence-corrected chi connectivity index (χ4v) is 1.51. The molecule has 0 aromatic heterocycles. The van der Waals surface area contributed by atoms with Crippen molar-refractivity contribution in [2.24, 2.45) is 17.1 Å². The van der Waals surface area contributed by atoms with E-state index in [1.807, 2.05) is 6.26 Å². The third-order valence-corrected chi connectivity index (χ3v) is 3.08. The summed E-state index contributed by atoms with van der Waals surface area (Å²) in [6.07, 6.45) is 2.84. The van der Waals surface area contributed by atoms with Crippen LogP contribution in [0.2, 0.25) is 0 Å². The molecule has 0 bridgehead atoms. The van der Waals surface area contributed by atoms with Gasteiger partial charge in [0.05, 0.1) is 12.9 Å². The Bertz CT molecular complexity index is 203. The monoisotopic (exact) mass is 183 g/mol. The molecule has 0 aliphatic carbocycles. The number of hydrogen-bond donors (Lipinski definition) is 1. The fraction of sp³-hybridized carbons (Fsp3) is 0.818. The molecular formula is C11H21NO. The zero-order valence-corrected chi connectivity index (χ0v) is 9.13. The second-order valence-electron chi connectivity index (χ2n) is 4.99. The third kappa shape index (κ3) is 2.47. The Hall–Kier alpha value is -0.500. The van der Waals surface area contributed by atoms with Crippen LogP contribution in [0.15, 0.2) is 11.8 Å². The predicted molar refractivity (Wildman–Crippen MR) is 55.2 cm³/mol. The molecule has 0 fully saturated rings. The highest BCUT2D eigenvalue weighted by molar-refractivity contribution is 5.12. The van der Waals surface area contributed by atoms with Gasteiger partial charge in [0.15, 0.2) is 0 Å². The largest absolute Gasteiger partial charge is 0.501 e. The highest BCUT2D eigenvalue weighted by Gasteiger charge is 2.29. The van der Waals surface area contributed by atoms with E-state index in [2.05, 4.69) is 27.7 Å². The van der Waals surface area contributed by atoms with Gasteiger partial charge in [0, 0.05) is 12.5 Å². The van der Waals surface area contributed by atoms with Crippen LogP contribution in [0.5, 0.6) is 0 Å². The van der Waals surface area contributed by atoms with Crippen LogP contribution >= 0.6 is 0 Å². The summed E-state index contributed by atoms with van der Waals surface area (Å²) in [6.45, 7) is 9.71. The quantitative estimate of drug-likeness (QED) is 0.713. The lowest BCUT2D eigenvalue weighted by atomic mass is 9.75. The molecule has 1 aliphatic heterocycles. The maximum Gasteiger partial charge on any atom is 0.0912 e. The smallest absolute Gasteiger partial charge is 0.0912 e. The topological polar surface area (TPSA) is 35.2 Å². The van der Waals surface area contributed by atoms with Gasteiger partial charge in [0.25, 0.3) is 0 Å². The Labute approximate surface area is 81.1 Å². The van der Waals surface area contributed by atoms with E-state index in [4.69, 9.17) is 10.5 Å². The second kappa shape index (κ2) is 3.70. The Kier molecular flexibility index (Phi) is 3.01. The molecule has 2 heteroatoms. The molecule has 0 spiro atoms. The lowest BCUT2D eigenvalue weighted by Gasteiger charge is -2.32. The van der Waals surface area contributed by atoms with Crippen LogP contribution < -0.4 is 5.73 Å². The summed E-state index contributed by atoms with van der Waals surface area (Å²) in [5.74, 6) is 0.487. The lowest BCUT2D eigenvalue weighted by Crippen LogP contribution is -2.37. The van der Waals surface area contributed by atoms with Crippen molar-refractivity contribution in [3.05, 3.63) is 11.8 Å². The summed E-state index contributed by atoms with van der Waals surface area (Å²) in [5.41, 5.74) is 7.69. The van der Waals surface area contributed by atoms with E-state index >= 15 is 0 Å². The summed E-state index contributed by atoms with van der Waals surface area (Å²) in [7, 11) is 0. The molecular weight excluding hydrogens is 162 g/mol. The standard InChI is InChI=1S/C11H21NO/c1-8(11(2,3)4)10(12)9-5-6-13-7-9/h7-8,10H,5-6,12H2,1-4H3. The van der Waals surface area contributed by atoms with Crippen LogP contribution in [-0.2, 0) is 4.74 Å². The molecule has 0 amide bonds. The minimum Gasteiger partial charge on any atom is -0.501 e. The molecule has 1 rings (SSSR count). The Morgan fingerprint density at radius 2 is 2.08 bits per heavy atom. The van der Waals surface area contributed by atoms with E-state index in [1.165, 1.54) is 5.57 Å². The summed E-state index contributed by atoms with van der Waals surface area (Å²) < 4.78 is 5.20. The van der Waals surface area contributed by atoms with E-state index in [9.17, 15) is 0 Å². The zero-order chi connectivity index (χ0) is 10.1. The van der Waals surface area contributed by atoms with Crippen molar-refractivity contribution in [1.82, 2.24) is 0 Å². The van der Waals surface area contributed by atoms with Crippen LogP contribution in [-0.4, -0.2) is 12.6 Å². The van der Waals surface area contributed by atoms with Gasteiger partial charge in [-0.3, -0.25) is 0 Å². The Morgan fingerprint density at radius 3 is 2.46 bits per heavy atom. The minimum absolute atomic E-state index is 0.155. The summed E-state index contributed by atoms with van der Waals surface area (Å²) in [6, 6.07) is 0.155. The second-order valence-corrected chi connectivity index (χ2v) is 4.99. The molecule has 2 N–H and O–H groups in total. The SMILES string of the molecule is CC(C(N)C1=COCC1)C(C)(C)C. The van der Waals surface area contributed by atoms with E-state index in [-0.39, 0.29) is 11.5 Å². The molecule has 1 heterocycles. The first-order valence-corrected chi connectivity index (χ1v) is 4.99. The van der Waals surface area contributed by atoms with Crippen molar-refractivity contribution in [3.8, 4) is 0 Å². The minimum atomic E-state index is 0.155. The van der Waals surface area contributed by atoms with E-state index < -0.39 is 0 Å². The molecule has 0 radical (unpaired) electrons. The van der Waals surface area contributed by atoms with Crippen LogP contribution in [0.3, 0.4) is 0 Å². The molecule has 2 atom stereocenters. The summed E-state index contributed by atoms with van der Waals surface area (Å²) in [5, 5.41) is 0. The summed E-state index contributed by atoms with van der Waals surface area (Å²) in [4.78, 5) is 0. The van der Waals surface area contributed by atoms with Gasteiger partial charge in [-0.25, -0.2) is 0 Å². The molecule has 0 saturated heterocycles. The highest BCUT2D eigenvalue weighted by atomic mass is 16.5. The van der Waals surface area contributed by atoms with Gasteiger partial charge in [0.2, 0.25) is 0 Å². The van der Waals surface area contributed by atoms with Crippen LogP contribution in [0.4, 0.5) is 0 Å². The van der Waals surface area contributed by atoms with Crippen molar-refractivity contribution < 1.29 is 4.74 Å². The lowest BCUT2D eigenvalue weighted by molar-refractivity contribution is 0.235. The van der Waals surface area contributed by atoms with Crippen molar-refractivity contribution in [2.45, 2.75) is 40.2 Å². The Balaban J connectivity index is 2.61. The van der Waals surface area contributed by atoms with Crippen molar-refractivity contribution in [3.63, 3.8) is 0 Å². The third-order valence-electron chi connectivity index (χ3n) is 3.08. The average Bonchev–Trinajstić information content (AvgIpc) is 2.51. The van der Waals surface area contributed by atoms with Gasteiger partial charge in [-0.2, -0.15) is 0 Å². The zero-order valence-electron chi connectivity index (χ0n) is 9.13. The van der Waals surface area contributed by atoms with Gasteiger partial charge < -0.3 is 10.5 Å². The van der Waals surface area contributed by atoms with Crippen LogP contribution in [0, 0.1) is 11.3 Å². The number of hydrogen-bond acceptors (Lipinski definition) is 2. The van der Waals surface area contributed by atoms with Gasteiger partial charge in [-0.15, -0.1) is 0 Å². The normalized spacial score (nSPS) is 22.1.